The molecule has 1 heterocycles. The van der Waals surface area contributed by atoms with Crippen LogP contribution in [-0.2, 0) is 0 Å². The third-order valence-corrected chi connectivity index (χ3v) is 13.8. The van der Waals surface area contributed by atoms with Crippen molar-refractivity contribution in [3.05, 3.63) is 248 Å². The number of para-hydroxylation sites is 1. The Kier molecular flexibility index (Phi) is 9.62. The minimum Gasteiger partial charge on any atom is -0.299 e. The fraction of sp³-hybridized carbons (Fsp3) is 0. The van der Waals surface area contributed by atoms with E-state index in [1.54, 1.807) is 0 Å². The largest absolute Gasteiger partial charge is 0.299 e. The molecule has 1 aliphatic carbocycles. The van der Waals surface area contributed by atoms with Crippen molar-refractivity contribution >= 4 is 87.4 Å². The van der Waals surface area contributed by atoms with E-state index in [2.05, 4.69) is 206 Å². The van der Waals surface area contributed by atoms with Crippen molar-refractivity contribution in [1.82, 2.24) is 4.98 Å². The third-order valence-electron chi connectivity index (χ3n) is 13.8. The predicted molar refractivity (Wildman–Crippen MR) is 293 cm³/mol. The summed E-state index contributed by atoms with van der Waals surface area (Å²) in [7, 11) is 0. The molecule has 0 radical (unpaired) electrons. The number of allylic oxidation sites excluding steroid dienone is 4. The predicted octanol–water partition coefficient (Wildman–Crippen LogP) is 17.1. The molecule has 0 amide bonds. The summed E-state index contributed by atoms with van der Waals surface area (Å²) in [5, 5.41) is 27.0. The number of hydrogen-bond acceptors (Lipinski definition) is 4. The van der Waals surface area contributed by atoms with Crippen molar-refractivity contribution in [2.75, 3.05) is 5.43 Å². The van der Waals surface area contributed by atoms with Gasteiger partial charge in [-0.3, -0.25) is 15.8 Å². The molecule has 0 atom stereocenters. The van der Waals surface area contributed by atoms with Gasteiger partial charge in [-0.1, -0.05) is 182 Å². The summed E-state index contributed by atoms with van der Waals surface area (Å²) in [6.07, 6.45) is 7.91. The van der Waals surface area contributed by atoms with Crippen LogP contribution in [0.25, 0.3) is 115 Å². The summed E-state index contributed by atoms with van der Waals surface area (Å²) in [6.45, 7) is 0. The first-order valence-corrected chi connectivity index (χ1v) is 23.4. The number of fused-ring (bicyclic) bond motifs is 6. The van der Waals surface area contributed by atoms with Crippen LogP contribution in [0.4, 0.5) is 5.69 Å². The first-order chi connectivity index (χ1) is 34.1. The molecule has 12 aromatic rings. The van der Waals surface area contributed by atoms with Gasteiger partial charge in [-0.25, -0.2) is 0 Å². The van der Waals surface area contributed by atoms with Crippen LogP contribution < -0.4 is 5.43 Å². The minimum atomic E-state index is 0.343. The summed E-state index contributed by atoms with van der Waals surface area (Å²) in [5.41, 5.74) is 17.3. The van der Waals surface area contributed by atoms with Gasteiger partial charge in [0.15, 0.2) is 0 Å². The smallest absolute Gasteiger partial charge is 0.108 e. The number of aromatic nitrogens is 1. The van der Waals surface area contributed by atoms with Crippen molar-refractivity contribution in [3.8, 4) is 44.5 Å². The number of anilines is 1. The lowest BCUT2D eigenvalue weighted by Gasteiger charge is -2.20. The monoisotopic (exact) mass is 878 g/mol. The van der Waals surface area contributed by atoms with Crippen molar-refractivity contribution in [2.24, 2.45) is 5.10 Å². The summed E-state index contributed by atoms with van der Waals surface area (Å²) < 4.78 is 0. The zero-order chi connectivity index (χ0) is 45.8. The minimum absolute atomic E-state index is 0.343. The quantitative estimate of drug-likeness (QED) is 0.0952. The van der Waals surface area contributed by atoms with Crippen LogP contribution in [0.3, 0.4) is 0 Å². The van der Waals surface area contributed by atoms with E-state index in [1.165, 1.54) is 76.1 Å². The van der Waals surface area contributed by atoms with Crippen LogP contribution in [0.1, 0.15) is 5.56 Å². The van der Waals surface area contributed by atoms with E-state index in [0.717, 1.165) is 50.0 Å². The maximum Gasteiger partial charge on any atom is 0.108 e. The average molecular weight is 879 g/mol. The Morgan fingerprint density at radius 2 is 0.884 bits per heavy atom. The summed E-state index contributed by atoms with van der Waals surface area (Å²) >= 11 is 0. The van der Waals surface area contributed by atoms with Crippen LogP contribution in [0.5, 0.6) is 0 Å². The normalized spacial score (nSPS) is 13.3. The molecular formula is C65H42N4. The highest BCUT2D eigenvalue weighted by Crippen LogP contribution is 2.46. The van der Waals surface area contributed by atoms with E-state index >= 15 is 0 Å². The zero-order valence-corrected chi connectivity index (χ0v) is 37.5. The lowest BCUT2D eigenvalue weighted by Crippen LogP contribution is -2.13. The summed E-state index contributed by atoms with van der Waals surface area (Å²) in [5.74, 6) is 0. The SMILES string of the molecule is N=C1C=C(c2ccc3c(-c4ccc5ccccc5c4)c4ccccc4c(-c4ccc5ccccc5c4)c3c2)C=C/C1=N/Nc1ccc(-c2ccc(-c3cnc4ccccc4c3)c3ccccc23)cc1. The Bertz CT molecular complexity index is 4180. The molecule has 0 saturated heterocycles. The lowest BCUT2D eigenvalue weighted by atomic mass is 9.84. The van der Waals surface area contributed by atoms with Gasteiger partial charge in [0.25, 0.3) is 0 Å². The molecule has 0 fully saturated rings. The first kappa shape index (κ1) is 40.1. The highest BCUT2D eigenvalue weighted by atomic mass is 15.3. The number of benzene rings is 11. The van der Waals surface area contributed by atoms with Crippen molar-refractivity contribution < 1.29 is 0 Å². The Morgan fingerprint density at radius 3 is 1.54 bits per heavy atom. The Morgan fingerprint density at radius 1 is 0.377 bits per heavy atom. The van der Waals surface area contributed by atoms with Gasteiger partial charge >= 0.3 is 0 Å². The second-order valence-electron chi connectivity index (χ2n) is 17.8. The fourth-order valence-electron chi connectivity index (χ4n) is 10.4. The van der Waals surface area contributed by atoms with Gasteiger partial charge in [-0.05, 0) is 159 Å². The molecule has 13 rings (SSSR count). The zero-order valence-electron chi connectivity index (χ0n) is 37.5. The topological polar surface area (TPSA) is 61.1 Å². The van der Waals surface area contributed by atoms with Crippen LogP contribution in [-0.4, -0.2) is 16.4 Å². The summed E-state index contributed by atoms with van der Waals surface area (Å²) in [4.78, 5) is 4.75. The van der Waals surface area contributed by atoms with Gasteiger partial charge in [0, 0.05) is 17.1 Å². The number of pyridine rings is 1. The maximum absolute atomic E-state index is 9.17. The van der Waals surface area contributed by atoms with E-state index in [1.807, 2.05) is 42.6 Å². The van der Waals surface area contributed by atoms with Crippen LogP contribution in [0.2, 0.25) is 0 Å². The molecule has 0 bridgehead atoms. The molecule has 0 unspecified atom stereocenters. The van der Waals surface area contributed by atoms with E-state index < -0.39 is 0 Å². The van der Waals surface area contributed by atoms with E-state index in [9.17, 15) is 0 Å². The number of nitrogens with zero attached hydrogens (tertiary/aromatic N) is 2. The Hall–Kier alpha value is -9.25. The summed E-state index contributed by atoms with van der Waals surface area (Å²) in [6, 6.07) is 78.2. The van der Waals surface area contributed by atoms with Gasteiger partial charge in [0.2, 0.25) is 0 Å². The molecule has 4 heteroatoms. The number of hydrogen-bond donors (Lipinski definition) is 2. The van der Waals surface area contributed by atoms with Gasteiger partial charge in [0.1, 0.15) is 5.71 Å². The molecule has 11 aromatic carbocycles. The standard InChI is InChI=1S/C65H42N4/c66-61-39-47(28-34-63(61)69-68-52-29-25-43(26-30-52)53-32-33-54(56-17-7-6-16-55(53)56)51-37-48-15-5-10-20-62(48)67-40-51)46-27-31-59-60(38-46)65(50-24-22-42-12-2-4-14-45(42)36-50)58-19-9-8-18-57(58)64(59)49-23-21-41-11-1-3-13-44(41)35-49/h1-40,66,68H/b66-61?,69-63-. The van der Waals surface area contributed by atoms with E-state index in [-0.39, 0.29) is 0 Å². The van der Waals surface area contributed by atoms with Crippen LogP contribution in [0, 0.1) is 5.41 Å². The van der Waals surface area contributed by atoms with Gasteiger partial charge < -0.3 is 0 Å². The molecule has 2 N–H and O–H groups in total. The van der Waals surface area contributed by atoms with E-state index in [0.29, 0.717) is 11.4 Å². The average Bonchev–Trinajstić information content (AvgIpc) is 3.41. The Labute approximate surface area is 399 Å². The molecule has 1 aromatic heterocycles. The second kappa shape index (κ2) is 16.6. The number of rotatable bonds is 7. The highest BCUT2D eigenvalue weighted by molar-refractivity contribution is 6.51. The number of hydrazone groups is 1. The molecular weight excluding hydrogens is 837 g/mol. The molecule has 1 aliphatic rings. The van der Waals surface area contributed by atoms with Gasteiger partial charge in [-0.2, -0.15) is 5.10 Å². The lowest BCUT2D eigenvalue weighted by molar-refractivity contribution is 1.34. The van der Waals surface area contributed by atoms with Crippen LogP contribution in [0.15, 0.2) is 248 Å². The third kappa shape index (κ3) is 7.14. The first-order valence-electron chi connectivity index (χ1n) is 23.4. The molecule has 0 saturated carbocycles. The maximum atomic E-state index is 9.17. The fourth-order valence-corrected chi connectivity index (χ4v) is 10.4. The van der Waals surface area contributed by atoms with Gasteiger partial charge in [-0.15, -0.1) is 0 Å². The van der Waals surface area contributed by atoms with E-state index in [4.69, 9.17) is 15.5 Å². The molecule has 0 aliphatic heterocycles. The van der Waals surface area contributed by atoms with Crippen LogP contribution >= 0.6 is 0 Å². The molecule has 322 valence electrons. The molecule has 0 spiro atoms. The second-order valence-corrected chi connectivity index (χ2v) is 17.8. The van der Waals surface area contributed by atoms with Crippen molar-refractivity contribution in [3.63, 3.8) is 0 Å². The van der Waals surface area contributed by atoms with Gasteiger partial charge in [0.05, 0.1) is 16.9 Å². The van der Waals surface area contributed by atoms with Crippen molar-refractivity contribution in [1.29, 1.82) is 5.41 Å². The highest BCUT2D eigenvalue weighted by Gasteiger charge is 2.20. The Balaban J connectivity index is 0.823. The number of nitrogens with one attached hydrogen (secondary N) is 2. The van der Waals surface area contributed by atoms with Crippen molar-refractivity contribution in [2.45, 2.75) is 0 Å². The molecule has 4 nitrogen and oxygen atoms in total. The molecule has 69 heavy (non-hydrogen) atoms.